The lowest BCUT2D eigenvalue weighted by molar-refractivity contribution is 0.311. The lowest BCUT2D eigenvalue weighted by Gasteiger charge is -2.09. The molecule has 0 heterocycles. The van der Waals surface area contributed by atoms with Crippen LogP contribution in [0.25, 0.3) is 0 Å². The molecule has 1 N–H and O–H groups in total. The van der Waals surface area contributed by atoms with E-state index in [1.807, 2.05) is 32.0 Å². The zero-order valence-electron chi connectivity index (χ0n) is 14.3. The molecular formula is C19H23NO4. The number of hydrogen-bond acceptors (Lipinski definition) is 5. The van der Waals surface area contributed by atoms with Gasteiger partial charge in [-0.3, -0.25) is 4.99 Å². The molecule has 5 heteroatoms. The Bertz CT molecular complexity index is 698. The molecule has 0 aliphatic rings. The van der Waals surface area contributed by atoms with Gasteiger partial charge in [0.25, 0.3) is 0 Å². The number of nitrogens with zero attached hydrogens (tertiary/aromatic N) is 1. The second-order valence-corrected chi connectivity index (χ2v) is 5.10. The van der Waals surface area contributed by atoms with Crippen molar-refractivity contribution in [1.82, 2.24) is 0 Å². The summed E-state index contributed by atoms with van der Waals surface area (Å²) in [4.78, 5) is 4.38. The van der Waals surface area contributed by atoms with E-state index < -0.39 is 0 Å². The van der Waals surface area contributed by atoms with E-state index in [1.54, 1.807) is 31.5 Å². The normalized spacial score (nSPS) is 10.8. The third-order valence-corrected chi connectivity index (χ3v) is 3.27. The molecule has 0 aliphatic heterocycles. The first-order valence-corrected chi connectivity index (χ1v) is 7.98. The van der Waals surface area contributed by atoms with Gasteiger partial charge < -0.3 is 19.3 Å². The number of ether oxygens (including phenoxy) is 3. The van der Waals surface area contributed by atoms with Gasteiger partial charge >= 0.3 is 0 Å². The Hall–Kier alpha value is -2.69. The first-order chi connectivity index (χ1) is 11.7. The molecule has 0 saturated heterocycles. The van der Waals surface area contributed by atoms with Crippen LogP contribution in [0.15, 0.2) is 41.4 Å². The molecule has 5 nitrogen and oxygen atoms in total. The topological polar surface area (TPSA) is 60.3 Å². The van der Waals surface area contributed by atoms with E-state index >= 15 is 0 Å². The first-order valence-electron chi connectivity index (χ1n) is 7.98. The van der Waals surface area contributed by atoms with Crippen LogP contribution in [0.3, 0.4) is 0 Å². The van der Waals surface area contributed by atoms with E-state index in [1.165, 1.54) is 0 Å². The van der Waals surface area contributed by atoms with Crippen LogP contribution in [0.2, 0.25) is 0 Å². The number of aliphatic imine (C=N–C) groups is 1. The van der Waals surface area contributed by atoms with E-state index in [-0.39, 0.29) is 5.75 Å². The average Bonchev–Trinajstić information content (AvgIpc) is 2.60. The van der Waals surface area contributed by atoms with E-state index in [0.717, 1.165) is 6.42 Å². The molecular weight excluding hydrogens is 306 g/mol. The minimum atomic E-state index is 0.130. The summed E-state index contributed by atoms with van der Waals surface area (Å²) in [5.74, 6) is 2.08. The summed E-state index contributed by atoms with van der Waals surface area (Å²) in [6, 6.07) is 10.6. The number of aromatic hydroxyl groups is 1. The van der Waals surface area contributed by atoms with Crippen molar-refractivity contribution >= 4 is 11.9 Å². The summed E-state index contributed by atoms with van der Waals surface area (Å²) in [6.45, 7) is 5.15. The fraction of sp³-hybridized carbons (Fsp3) is 0.316. The van der Waals surface area contributed by atoms with Crippen LogP contribution in [0.4, 0.5) is 5.69 Å². The minimum absolute atomic E-state index is 0.130. The molecule has 2 aromatic carbocycles. The van der Waals surface area contributed by atoms with Crippen molar-refractivity contribution in [2.24, 2.45) is 4.99 Å². The molecule has 0 aromatic heterocycles. The highest BCUT2D eigenvalue weighted by atomic mass is 16.5. The molecule has 0 saturated carbocycles. The maximum absolute atomic E-state index is 10.1. The van der Waals surface area contributed by atoms with Gasteiger partial charge in [0.2, 0.25) is 0 Å². The quantitative estimate of drug-likeness (QED) is 0.732. The number of phenols is 1. The lowest BCUT2D eigenvalue weighted by atomic mass is 10.2. The average molecular weight is 329 g/mol. The zero-order valence-corrected chi connectivity index (χ0v) is 14.3. The highest BCUT2D eigenvalue weighted by Crippen LogP contribution is 2.31. The maximum atomic E-state index is 10.1. The smallest absolute Gasteiger partial charge is 0.162 e. The van der Waals surface area contributed by atoms with Crippen molar-refractivity contribution in [3.8, 4) is 23.0 Å². The summed E-state index contributed by atoms with van der Waals surface area (Å²) < 4.78 is 16.3. The largest absolute Gasteiger partial charge is 0.507 e. The van der Waals surface area contributed by atoms with Crippen LogP contribution in [0.5, 0.6) is 23.0 Å². The van der Waals surface area contributed by atoms with E-state index in [4.69, 9.17) is 14.2 Å². The van der Waals surface area contributed by atoms with Crippen LogP contribution >= 0.6 is 0 Å². The third kappa shape index (κ3) is 4.65. The molecule has 0 spiro atoms. The Labute approximate surface area is 142 Å². The van der Waals surface area contributed by atoms with Crippen LogP contribution in [-0.4, -0.2) is 31.6 Å². The van der Waals surface area contributed by atoms with Gasteiger partial charge in [-0.1, -0.05) is 6.92 Å². The van der Waals surface area contributed by atoms with Crippen LogP contribution < -0.4 is 14.2 Å². The summed E-state index contributed by atoms with van der Waals surface area (Å²) in [5.41, 5.74) is 1.33. The lowest BCUT2D eigenvalue weighted by Crippen LogP contribution is -1.95. The predicted octanol–water partition coefficient (Wildman–Crippen LogP) is 4.34. The van der Waals surface area contributed by atoms with Crippen molar-refractivity contribution in [2.45, 2.75) is 20.3 Å². The summed E-state index contributed by atoms with van der Waals surface area (Å²) in [5, 5.41) is 10.1. The maximum Gasteiger partial charge on any atom is 0.162 e. The van der Waals surface area contributed by atoms with Crippen molar-refractivity contribution < 1.29 is 19.3 Å². The van der Waals surface area contributed by atoms with Crippen molar-refractivity contribution in [1.29, 1.82) is 0 Å². The minimum Gasteiger partial charge on any atom is -0.507 e. The highest BCUT2D eigenvalue weighted by Gasteiger charge is 2.05. The SMILES string of the molecule is CCCOc1ccc(C=Nc2ccc(OCC)c(OC)c2)c(O)c1. The molecule has 0 amide bonds. The summed E-state index contributed by atoms with van der Waals surface area (Å²) >= 11 is 0. The molecule has 128 valence electrons. The predicted molar refractivity (Wildman–Crippen MR) is 95.3 cm³/mol. The molecule has 2 rings (SSSR count). The van der Waals surface area contributed by atoms with Gasteiger partial charge in [-0.15, -0.1) is 0 Å². The van der Waals surface area contributed by atoms with E-state index in [9.17, 15) is 5.11 Å². The molecule has 24 heavy (non-hydrogen) atoms. The van der Waals surface area contributed by atoms with Crippen molar-refractivity contribution in [3.05, 3.63) is 42.0 Å². The van der Waals surface area contributed by atoms with Gasteiger partial charge in [-0.2, -0.15) is 0 Å². The van der Waals surface area contributed by atoms with Crippen molar-refractivity contribution in [3.63, 3.8) is 0 Å². The molecule has 2 aromatic rings. The van der Waals surface area contributed by atoms with E-state index in [0.29, 0.717) is 41.7 Å². The molecule has 0 aliphatic carbocycles. The number of phenolic OH excluding ortho intramolecular Hbond substituents is 1. The van der Waals surface area contributed by atoms with Gasteiger partial charge in [-0.05, 0) is 37.6 Å². The van der Waals surface area contributed by atoms with Gasteiger partial charge in [0, 0.05) is 23.9 Å². The fourth-order valence-corrected chi connectivity index (χ4v) is 2.10. The van der Waals surface area contributed by atoms with Gasteiger partial charge in [0.1, 0.15) is 11.5 Å². The second-order valence-electron chi connectivity index (χ2n) is 5.10. The summed E-state index contributed by atoms with van der Waals surface area (Å²) in [7, 11) is 1.59. The fourth-order valence-electron chi connectivity index (χ4n) is 2.10. The Morgan fingerprint density at radius 2 is 1.88 bits per heavy atom. The Balaban J connectivity index is 2.15. The van der Waals surface area contributed by atoms with Crippen LogP contribution in [-0.2, 0) is 0 Å². The second kappa shape index (κ2) is 8.82. The van der Waals surface area contributed by atoms with Crippen LogP contribution in [0, 0.1) is 0 Å². The highest BCUT2D eigenvalue weighted by molar-refractivity contribution is 5.85. The Kier molecular flexibility index (Phi) is 6.49. The Morgan fingerprint density at radius 1 is 1.04 bits per heavy atom. The van der Waals surface area contributed by atoms with Gasteiger partial charge in [-0.25, -0.2) is 0 Å². The molecule has 0 radical (unpaired) electrons. The number of rotatable bonds is 8. The number of benzene rings is 2. The first kappa shape index (κ1) is 17.7. The monoisotopic (exact) mass is 329 g/mol. The molecule has 0 bridgehead atoms. The zero-order chi connectivity index (χ0) is 17.4. The van der Waals surface area contributed by atoms with Gasteiger partial charge in [0.05, 0.1) is 26.0 Å². The Morgan fingerprint density at radius 3 is 2.54 bits per heavy atom. The van der Waals surface area contributed by atoms with Gasteiger partial charge in [0.15, 0.2) is 11.5 Å². The third-order valence-electron chi connectivity index (χ3n) is 3.27. The summed E-state index contributed by atoms with van der Waals surface area (Å²) in [6.07, 6.45) is 2.53. The molecule has 0 unspecified atom stereocenters. The van der Waals surface area contributed by atoms with E-state index in [2.05, 4.69) is 4.99 Å². The van der Waals surface area contributed by atoms with Crippen LogP contribution in [0.1, 0.15) is 25.8 Å². The molecule has 0 fully saturated rings. The molecule has 0 atom stereocenters. The number of hydrogen-bond donors (Lipinski definition) is 1. The van der Waals surface area contributed by atoms with Crippen molar-refractivity contribution in [2.75, 3.05) is 20.3 Å². The number of methoxy groups -OCH3 is 1. The standard InChI is InChI=1S/C19H23NO4/c1-4-10-24-16-8-6-14(17(21)12-16)13-20-15-7-9-18(23-5-2)19(11-15)22-3/h6-9,11-13,21H,4-5,10H2,1-3H3.